The number of alkyl halides is 3. The zero-order valence-corrected chi connectivity index (χ0v) is 18.5. The summed E-state index contributed by atoms with van der Waals surface area (Å²) in [4.78, 5) is 24.0. The summed E-state index contributed by atoms with van der Waals surface area (Å²) in [5.74, 6) is 0.472. The Morgan fingerprint density at radius 2 is 1.79 bits per heavy atom. The van der Waals surface area contributed by atoms with Gasteiger partial charge in [0.25, 0.3) is 5.91 Å². The lowest BCUT2D eigenvalue weighted by Gasteiger charge is -2.42. The van der Waals surface area contributed by atoms with Crippen LogP contribution in [0, 0.1) is 0 Å². The van der Waals surface area contributed by atoms with Crippen molar-refractivity contribution in [2.75, 3.05) is 26.2 Å². The largest absolute Gasteiger partial charge is 0.416 e. The number of benzene rings is 2. The third-order valence-electron chi connectivity index (χ3n) is 6.20. The maximum atomic E-state index is 13.5. The second-order valence-corrected chi connectivity index (χ2v) is 8.87. The van der Waals surface area contributed by atoms with Crippen molar-refractivity contribution in [2.45, 2.75) is 25.7 Å². The van der Waals surface area contributed by atoms with E-state index in [2.05, 4.69) is 14.8 Å². The standard InChI is InChI=1S/C24H22ClF3N4O/c25-19-3-1-2-17(12-19)13-30-10-8-21-20(15-30)22(33)32(23-29-9-11-31(21)23)14-16-4-6-18(7-5-16)24(26,27)28/h1-7,12H,8-11,13-15H2. The summed E-state index contributed by atoms with van der Waals surface area (Å²) in [7, 11) is 0. The van der Waals surface area contributed by atoms with Crippen molar-refractivity contribution in [1.82, 2.24) is 14.7 Å². The molecule has 33 heavy (non-hydrogen) atoms. The van der Waals surface area contributed by atoms with Crippen LogP contribution in [0.4, 0.5) is 13.2 Å². The Labute approximate surface area is 194 Å². The fourth-order valence-electron chi connectivity index (χ4n) is 4.63. The maximum absolute atomic E-state index is 13.5. The lowest BCUT2D eigenvalue weighted by Crippen LogP contribution is -2.53. The van der Waals surface area contributed by atoms with Crippen LogP contribution in [-0.2, 0) is 24.1 Å². The van der Waals surface area contributed by atoms with Crippen LogP contribution in [0.1, 0.15) is 23.1 Å². The number of hydrogen-bond acceptors (Lipinski definition) is 4. The number of amides is 1. The van der Waals surface area contributed by atoms with Gasteiger partial charge in [-0.3, -0.25) is 19.6 Å². The molecule has 0 N–H and O–H groups in total. The van der Waals surface area contributed by atoms with Gasteiger partial charge in [-0.1, -0.05) is 35.9 Å². The van der Waals surface area contributed by atoms with Crippen molar-refractivity contribution in [1.29, 1.82) is 0 Å². The van der Waals surface area contributed by atoms with Gasteiger partial charge >= 0.3 is 6.18 Å². The van der Waals surface area contributed by atoms with E-state index in [4.69, 9.17) is 11.6 Å². The Bertz CT molecular complexity index is 1140. The fraction of sp³-hybridized carbons (Fsp3) is 0.333. The zero-order chi connectivity index (χ0) is 23.2. The van der Waals surface area contributed by atoms with Crippen LogP contribution in [0.2, 0.25) is 5.02 Å². The third-order valence-corrected chi connectivity index (χ3v) is 6.44. The first kappa shape index (κ1) is 22.0. The molecule has 0 fully saturated rings. The lowest BCUT2D eigenvalue weighted by molar-refractivity contribution is -0.137. The molecule has 3 aliphatic heterocycles. The van der Waals surface area contributed by atoms with Gasteiger partial charge in [0.05, 0.1) is 24.2 Å². The van der Waals surface area contributed by atoms with Crippen molar-refractivity contribution in [3.8, 4) is 0 Å². The van der Waals surface area contributed by atoms with Crippen molar-refractivity contribution < 1.29 is 18.0 Å². The second kappa shape index (κ2) is 8.50. The number of guanidine groups is 1. The molecule has 3 heterocycles. The lowest BCUT2D eigenvalue weighted by atomic mass is 10.00. The van der Waals surface area contributed by atoms with Crippen molar-refractivity contribution in [3.63, 3.8) is 0 Å². The van der Waals surface area contributed by atoms with Gasteiger partial charge in [-0.05, 0) is 35.4 Å². The van der Waals surface area contributed by atoms with E-state index < -0.39 is 11.7 Å². The number of fused-ring (bicyclic) bond motifs is 2. The first-order valence-electron chi connectivity index (χ1n) is 10.8. The van der Waals surface area contributed by atoms with E-state index in [0.717, 1.165) is 41.9 Å². The smallest absolute Gasteiger partial charge is 0.314 e. The molecule has 0 unspecified atom stereocenters. The van der Waals surface area contributed by atoms with Gasteiger partial charge in [0, 0.05) is 43.3 Å². The SMILES string of the molecule is O=C1C2=C(CCN(Cc3cccc(Cl)c3)C2)N2CCN=C2N1Cc1ccc(C(F)(F)F)cc1. The van der Waals surface area contributed by atoms with Crippen LogP contribution >= 0.6 is 11.6 Å². The molecule has 0 saturated carbocycles. The highest BCUT2D eigenvalue weighted by molar-refractivity contribution is 6.30. The Morgan fingerprint density at radius 3 is 2.52 bits per heavy atom. The monoisotopic (exact) mass is 474 g/mol. The summed E-state index contributed by atoms with van der Waals surface area (Å²) >= 11 is 6.12. The minimum Gasteiger partial charge on any atom is -0.314 e. The number of hydrogen-bond donors (Lipinski definition) is 0. The molecule has 2 aromatic rings. The van der Waals surface area contributed by atoms with E-state index in [-0.39, 0.29) is 12.5 Å². The van der Waals surface area contributed by atoms with Crippen LogP contribution in [0.25, 0.3) is 0 Å². The number of carbonyl (C=O) groups excluding carboxylic acids is 1. The van der Waals surface area contributed by atoms with Crippen molar-refractivity contribution in [2.24, 2.45) is 4.99 Å². The van der Waals surface area contributed by atoms with E-state index in [0.29, 0.717) is 42.7 Å². The molecule has 0 atom stereocenters. The Morgan fingerprint density at radius 1 is 1.00 bits per heavy atom. The maximum Gasteiger partial charge on any atom is 0.416 e. The average Bonchev–Trinajstić information content (AvgIpc) is 3.26. The molecule has 0 radical (unpaired) electrons. The summed E-state index contributed by atoms with van der Waals surface area (Å²) in [6.45, 7) is 3.49. The van der Waals surface area contributed by atoms with Gasteiger partial charge in [-0.25, -0.2) is 0 Å². The highest BCUT2D eigenvalue weighted by Crippen LogP contribution is 2.33. The predicted molar refractivity (Wildman–Crippen MR) is 119 cm³/mol. The number of rotatable bonds is 4. The van der Waals surface area contributed by atoms with Crippen molar-refractivity contribution in [3.05, 3.63) is 81.5 Å². The van der Waals surface area contributed by atoms with Crippen molar-refractivity contribution >= 4 is 23.5 Å². The molecule has 9 heteroatoms. The summed E-state index contributed by atoms with van der Waals surface area (Å²) in [6.07, 6.45) is -3.64. The molecular weight excluding hydrogens is 453 g/mol. The minimum atomic E-state index is -4.39. The van der Waals surface area contributed by atoms with Crippen LogP contribution in [0.5, 0.6) is 0 Å². The summed E-state index contributed by atoms with van der Waals surface area (Å²) in [5.41, 5.74) is 2.75. The first-order chi connectivity index (χ1) is 15.8. The highest BCUT2D eigenvalue weighted by atomic mass is 35.5. The molecule has 2 aromatic carbocycles. The summed E-state index contributed by atoms with van der Waals surface area (Å²) < 4.78 is 38.7. The second-order valence-electron chi connectivity index (χ2n) is 8.44. The van der Waals surface area contributed by atoms with E-state index in [1.165, 1.54) is 12.1 Å². The van der Waals surface area contributed by atoms with E-state index in [1.54, 1.807) is 4.90 Å². The molecular formula is C24H22ClF3N4O. The number of carbonyl (C=O) groups is 1. The highest BCUT2D eigenvalue weighted by Gasteiger charge is 2.41. The average molecular weight is 475 g/mol. The van der Waals surface area contributed by atoms with E-state index >= 15 is 0 Å². The van der Waals surface area contributed by atoms with E-state index in [1.807, 2.05) is 24.3 Å². The van der Waals surface area contributed by atoms with Crippen LogP contribution in [0.3, 0.4) is 0 Å². The summed E-state index contributed by atoms with van der Waals surface area (Å²) in [6, 6.07) is 12.6. The van der Waals surface area contributed by atoms with Crippen LogP contribution < -0.4 is 0 Å². The fourth-order valence-corrected chi connectivity index (χ4v) is 4.84. The molecule has 0 saturated heterocycles. The quantitative estimate of drug-likeness (QED) is 0.653. The predicted octanol–water partition coefficient (Wildman–Crippen LogP) is 4.53. The van der Waals surface area contributed by atoms with Gasteiger partial charge in [-0.15, -0.1) is 0 Å². The Hall–Kier alpha value is -2.84. The molecule has 172 valence electrons. The third kappa shape index (κ3) is 4.37. The van der Waals surface area contributed by atoms with Crippen LogP contribution in [0.15, 0.2) is 64.8 Å². The molecule has 0 aromatic heterocycles. The van der Waals surface area contributed by atoms with Gasteiger partial charge < -0.3 is 4.90 Å². The van der Waals surface area contributed by atoms with Crippen LogP contribution in [-0.4, -0.2) is 52.7 Å². The molecule has 5 rings (SSSR count). The molecule has 1 amide bonds. The number of nitrogens with zero attached hydrogens (tertiary/aromatic N) is 4. The number of halogens is 4. The molecule has 0 aliphatic carbocycles. The summed E-state index contributed by atoms with van der Waals surface area (Å²) in [5, 5.41) is 0.679. The molecule has 0 spiro atoms. The topological polar surface area (TPSA) is 39.2 Å². The van der Waals surface area contributed by atoms with Gasteiger partial charge in [0.2, 0.25) is 5.96 Å². The Kier molecular flexibility index (Phi) is 5.66. The van der Waals surface area contributed by atoms with Gasteiger partial charge in [0.15, 0.2) is 0 Å². The van der Waals surface area contributed by atoms with Gasteiger partial charge in [-0.2, -0.15) is 13.2 Å². The minimum absolute atomic E-state index is 0.127. The molecule has 0 bridgehead atoms. The van der Waals surface area contributed by atoms with Gasteiger partial charge in [0.1, 0.15) is 0 Å². The van der Waals surface area contributed by atoms with E-state index in [9.17, 15) is 18.0 Å². The molecule has 5 nitrogen and oxygen atoms in total. The number of aliphatic imine (C=N–C) groups is 1. The normalized spacial score (nSPS) is 19.0. The molecule has 3 aliphatic rings. The first-order valence-corrected chi connectivity index (χ1v) is 11.2. The zero-order valence-electron chi connectivity index (χ0n) is 17.8. The Balaban J connectivity index is 1.37.